The molecule has 0 bridgehead atoms. The lowest BCUT2D eigenvalue weighted by molar-refractivity contribution is 0.219. The maximum Gasteiger partial charge on any atom is 0.000623 e. The molecular formula is C12H24N2. The van der Waals surface area contributed by atoms with Gasteiger partial charge in [-0.15, -0.1) is 0 Å². The van der Waals surface area contributed by atoms with Crippen molar-refractivity contribution in [1.82, 2.24) is 10.6 Å². The van der Waals surface area contributed by atoms with Gasteiger partial charge in [0.1, 0.15) is 0 Å². The Hall–Kier alpha value is -0.0800. The zero-order valence-electron chi connectivity index (χ0n) is 9.60. The fourth-order valence-electron chi connectivity index (χ4n) is 2.45. The summed E-state index contributed by atoms with van der Waals surface area (Å²) < 4.78 is 0. The molecule has 1 saturated carbocycles. The van der Waals surface area contributed by atoms with Gasteiger partial charge in [0.2, 0.25) is 0 Å². The first kappa shape index (κ1) is 10.4. The zero-order valence-corrected chi connectivity index (χ0v) is 9.60. The van der Waals surface area contributed by atoms with Crippen molar-refractivity contribution in [3.63, 3.8) is 0 Å². The maximum absolute atomic E-state index is 3.66. The third kappa shape index (κ3) is 2.71. The molecule has 1 aliphatic carbocycles. The van der Waals surface area contributed by atoms with E-state index in [1.54, 1.807) is 0 Å². The van der Waals surface area contributed by atoms with Crippen molar-refractivity contribution in [3.8, 4) is 0 Å². The van der Waals surface area contributed by atoms with Gasteiger partial charge in [-0.1, -0.05) is 13.8 Å². The van der Waals surface area contributed by atoms with E-state index in [0.29, 0.717) is 5.41 Å². The molecule has 0 aromatic carbocycles. The summed E-state index contributed by atoms with van der Waals surface area (Å²) in [6.07, 6.45) is 4.12. The standard InChI is InChI=1S/C12H24N2/c1-10-7-11(10)8-14-9-12(2)3-5-13-6-4-12/h10-11,13-14H,3-9H2,1-2H3. The van der Waals surface area contributed by atoms with Crippen LogP contribution >= 0.6 is 0 Å². The van der Waals surface area contributed by atoms with Gasteiger partial charge in [-0.3, -0.25) is 0 Å². The topological polar surface area (TPSA) is 24.1 Å². The van der Waals surface area contributed by atoms with Crippen LogP contribution in [-0.2, 0) is 0 Å². The Kier molecular flexibility index (Phi) is 3.13. The van der Waals surface area contributed by atoms with Gasteiger partial charge in [-0.25, -0.2) is 0 Å². The van der Waals surface area contributed by atoms with E-state index in [0.717, 1.165) is 11.8 Å². The number of hydrogen-bond acceptors (Lipinski definition) is 2. The fraction of sp³-hybridized carbons (Fsp3) is 1.00. The molecule has 2 nitrogen and oxygen atoms in total. The van der Waals surface area contributed by atoms with Crippen molar-refractivity contribution in [3.05, 3.63) is 0 Å². The van der Waals surface area contributed by atoms with Crippen LogP contribution in [0.3, 0.4) is 0 Å². The van der Waals surface area contributed by atoms with Gasteiger partial charge in [0.15, 0.2) is 0 Å². The third-order valence-corrected chi connectivity index (χ3v) is 4.05. The summed E-state index contributed by atoms with van der Waals surface area (Å²) in [6, 6.07) is 0. The monoisotopic (exact) mass is 196 g/mol. The molecule has 1 saturated heterocycles. The summed E-state index contributed by atoms with van der Waals surface area (Å²) in [5.74, 6) is 1.98. The quantitative estimate of drug-likeness (QED) is 0.714. The average molecular weight is 196 g/mol. The molecule has 2 N–H and O–H groups in total. The number of piperidine rings is 1. The van der Waals surface area contributed by atoms with Crippen molar-refractivity contribution >= 4 is 0 Å². The number of nitrogens with one attached hydrogen (secondary N) is 2. The SMILES string of the molecule is CC1CC1CNCC1(C)CCNCC1. The van der Waals surface area contributed by atoms with E-state index < -0.39 is 0 Å². The van der Waals surface area contributed by atoms with E-state index in [9.17, 15) is 0 Å². The van der Waals surface area contributed by atoms with Crippen LogP contribution in [-0.4, -0.2) is 26.2 Å². The minimum atomic E-state index is 0.559. The molecule has 2 rings (SSSR count). The molecule has 1 heterocycles. The lowest BCUT2D eigenvalue weighted by atomic mass is 9.81. The molecular weight excluding hydrogens is 172 g/mol. The Morgan fingerprint density at radius 2 is 2.00 bits per heavy atom. The number of hydrogen-bond donors (Lipinski definition) is 2. The molecule has 0 aromatic heterocycles. The van der Waals surface area contributed by atoms with Crippen molar-refractivity contribution < 1.29 is 0 Å². The molecule has 82 valence electrons. The van der Waals surface area contributed by atoms with Crippen LogP contribution in [0.1, 0.15) is 33.1 Å². The van der Waals surface area contributed by atoms with Gasteiger partial charge in [-0.05, 0) is 56.1 Å². The normalized spacial score (nSPS) is 35.6. The lowest BCUT2D eigenvalue weighted by Gasteiger charge is -2.34. The second kappa shape index (κ2) is 4.19. The summed E-state index contributed by atoms with van der Waals surface area (Å²) in [7, 11) is 0. The predicted molar refractivity (Wildman–Crippen MR) is 60.4 cm³/mol. The first-order valence-corrected chi connectivity index (χ1v) is 6.11. The Bertz CT molecular complexity index is 185. The van der Waals surface area contributed by atoms with Crippen LogP contribution < -0.4 is 10.6 Å². The summed E-state index contributed by atoms with van der Waals surface area (Å²) >= 11 is 0. The van der Waals surface area contributed by atoms with E-state index in [2.05, 4.69) is 24.5 Å². The van der Waals surface area contributed by atoms with Crippen LogP contribution in [0.2, 0.25) is 0 Å². The molecule has 2 aliphatic rings. The Morgan fingerprint density at radius 3 is 2.57 bits per heavy atom. The molecule has 1 aliphatic heterocycles. The highest BCUT2D eigenvalue weighted by molar-refractivity contribution is 4.87. The molecule has 2 atom stereocenters. The van der Waals surface area contributed by atoms with Crippen molar-refractivity contribution in [2.24, 2.45) is 17.3 Å². The van der Waals surface area contributed by atoms with Gasteiger partial charge < -0.3 is 10.6 Å². The number of rotatable bonds is 4. The largest absolute Gasteiger partial charge is 0.317 e. The molecule has 2 fully saturated rings. The van der Waals surface area contributed by atoms with Crippen molar-refractivity contribution in [1.29, 1.82) is 0 Å². The fourth-order valence-corrected chi connectivity index (χ4v) is 2.45. The van der Waals surface area contributed by atoms with E-state index >= 15 is 0 Å². The predicted octanol–water partition coefficient (Wildman–Crippen LogP) is 1.62. The van der Waals surface area contributed by atoms with Crippen LogP contribution in [0.5, 0.6) is 0 Å². The summed E-state index contributed by atoms with van der Waals surface area (Å²) in [5, 5.41) is 7.09. The minimum Gasteiger partial charge on any atom is -0.317 e. The van der Waals surface area contributed by atoms with Gasteiger partial charge >= 0.3 is 0 Å². The van der Waals surface area contributed by atoms with E-state index in [4.69, 9.17) is 0 Å². The first-order chi connectivity index (χ1) is 6.70. The van der Waals surface area contributed by atoms with Crippen LogP contribution in [0.4, 0.5) is 0 Å². The molecule has 2 heteroatoms. The Labute approximate surface area is 87.8 Å². The second-order valence-corrected chi connectivity index (χ2v) is 5.66. The first-order valence-electron chi connectivity index (χ1n) is 6.11. The van der Waals surface area contributed by atoms with Gasteiger partial charge in [0.25, 0.3) is 0 Å². The van der Waals surface area contributed by atoms with Crippen LogP contribution in [0.15, 0.2) is 0 Å². The second-order valence-electron chi connectivity index (χ2n) is 5.66. The molecule has 0 spiro atoms. The lowest BCUT2D eigenvalue weighted by Crippen LogP contribution is -2.41. The van der Waals surface area contributed by atoms with Gasteiger partial charge in [0.05, 0.1) is 0 Å². The van der Waals surface area contributed by atoms with Crippen molar-refractivity contribution in [2.75, 3.05) is 26.2 Å². The van der Waals surface area contributed by atoms with Crippen LogP contribution in [0, 0.1) is 17.3 Å². The highest BCUT2D eigenvalue weighted by atomic mass is 14.9. The average Bonchev–Trinajstić information content (AvgIpc) is 2.83. The minimum absolute atomic E-state index is 0.559. The molecule has 2 unspecified atom stereocenters. The summed E-state index contributed by atoms with van der Waals surface area (Å²) in [6.45, 7) is 9.67. The summed E-state index contributed by atoms with van der Waals surface area (Å²) in [4.78, 5) is 0. The van der Waals surface area contributed by atoms with Crippen LogP contribution in [0.25, 0.3) is 0 Å². The highest BCUT2D eigenvalue weighted by Crippen LogP contribution is 2.37. The third-order valence-electron chi connectivity index (χ3n) is 4.05. The zero-order chi connectivity index (χ0) is 10.0. The maximum atomic E-state index is 3.66. The molecule has 0 aromatic rings. The Morgan fingerprint density at radius 1 is 1.36 bits per heavy atom. The van der Waals surface area contributed by atoms with Gasteiger partial charge in [0, 0.05) is 6.54 Å². The van der Waals surface area contributed by atoms with Gasteiger partial charge in [-0.2, -0.15) is 0 Å². The smallest absolute Gasteiger partial charge is 0.000623 e. The van der Waals surface area contributed by atoms with E-state index in [1.807, 2.05) is 0 Å². The summed E-state index contributed by atoms with van der Waals surface area (Å²) in [5.41, 5.74) is 0.559. The van der Waals surface area contributed by atoms with Crippen molar-refractivity contribution in [2.45, 2.75) is 33.1 Å². The Balaban J connectivity index is 1.63. The molecule has 14 heavy (non-hydrogen) atoms. The molecule has 0 radical (unpaired) electrons. The van der Waals surface area contributed by atoms with E-state index in [1.165, 1.54) is 45.4 Å². The van der Waals surface area contributed by atoms with E-state index in [-0.39, 0.29) is 0 Å². The highest BCUT2D eigenvalue weighted by Gasteiger charge is 2.33. The molecule has 0 amide bonds.